The van der Waals surface area contributed by atoms with E-state index >= 15 is 0 Å². The van der Waals surface area contributed by atoms with Crippen LogP contribution in [0.2, 0.25) is 10.0 Å². The molecule has 100 valence electrons. The number of carbonyl (C=O) groups is 1. The van der Waals surface area contributed by atoms with Gasteiger partial charge in [-0.25, -0.2) is 4.79 Å². The van der Waals surface area contributed by atoms with E-state index in [0.717, 1.165) is 0 Å². The molecule has 4 nitrogen and oxygen atoms in total. The Morgan fingerprint density at radius 3 is 2.30 bits per heavy atom. The Bertz CT molecular complexity index is 678. The Balaban J connectivity index is 2.10. The maximum Gasteiger partial charge on any atom is 0.323 e. The Kier molecular flexibility index (Phi) is 4.46. The van der Waals surface area contributed by atoms with Gasteiger partial charge in [-0.1, -0.05) is 23.2 Å². The zero-order chi connectivity index (χ0) is 14.5. The monoisotopic (exact) mass is 305 g/mol. The minimum atomic E-state index is -0.467. The van der Waals surface area contributed by atoms with Crippen molar-refractivity contribution >= 4 is 40.6 Å². The minimum Gasteiger partial charge on any atom is -0.308 e. The number of nitrogens with zero attached hydrogens (tertiary/aromatic N) is 1. The summed E-state index contributed by atoms with van der Waals surface area (Å²) in [6.07, 6.45) is 0. The number of hydrogen-bond acceptors (Lipinski definition) is 2. The van der Waals surface area contributed by atoms with Gasteiger partial charge in [-0.15, -0.1) is 0 Å². The summed E-state index contributed by atoms with van der Waals surface area (Å²) in [5.74, 6) is 0. The molecule has 0 aliphatic rings. The molecule has 2 amide bonds. The zero-order valence-corrected chi connectivity index (χ0v) is 11.7. The van der Waals surface area contributed by atoms with Crippen molar-refractivity contribution in [3.63, 3.8) is 0 Å². The van der Waals surface area contributed by atoms with Crippen LogP contribution in [0.1, 0.15) is 5.56 Å². The van der Waals surface area contributed by atoms with Crippen molar-refractivity contribution < 1.29 is 4.79 Å². The van der Waals surface area contributed by atoms with Gasteiger partial charge >= 0.3 is 6.03 Å². The van der Waals surface area contributed by atoms with E-state index in [1.807, 2.05) is 6.07 Å². The van der Waals surface area contributed by atoms with Crippen LogP contribution in [0.5, 0.6) is 0 Å². The van der Waals surface area contributed by atoms with Gasteiger partial charge in [0.05, 0.1) is 11.3 Å². The predicted octanol–water partition coefficient (Wildman–Crippen LogP) is 4.51. The molecule has 0 saturated heterocycles. The summed E-state index contributed by atoms with van der Waals surface area (Å²) in [5, 5.41) is 15.2. The van der Waals surface area contributed by atoms with Crippen LogP contribution in [0.4, 0.5) is 16.2 Å². The number of benzene rings is 2. The van der Waals surface area contributed by atoms with E-state index in [2.05, 4.69) is 10.6 Å². The largest absolute Gasteiger partial charge is 0.323 e. The van der Waals surface area contributed by atoms with Crippen molar-refractivity contribution in [1.29, 1.82) is 5.26 Å². The first-order valence-corrected chi connectivity index (χ1v) is 6.37. The van der Waals surface area contributed by atoms with Crippen molar-refractivity contribution in [3.05, 3.63) is 58.1 Å². The van der Waals surface area contributed by atoms with Crippen LogP contribution in [0.15, 0.2) is 42.5 Å². The molecule has 0 saturated carbocycles. The second-order valence-electron chi connectivity index (χ2n) is 3.89. The van der Waals surface area contributed by atoms with Crippen LogP contribution in [-0.4, -0.2) is 6.03 Å². The van der Waals surface area contributed by atoms with Crippen molar-refractivity contribution in [2.24, 2.45) is 0 Å². The summed E-state index contributed by atoms with van der Waals surface area (Å²) in [7, 11) is 0. The molecule has 0 fully saturated rings. The molecular formula is C14H9Cl2N3O. The van der Waals surface area contributed by atoms with Gasteiger partial charge in [0, 0.05) is 15.7 Å². The van der Waals surface area contributed by atoms with E-state index < -0.39 is 6.03 Å². The van der Waals surface area contributed by atoms with Gasteiger partial charge in [0.2, 0.25) is 0 Å². The molecule has 0 unspecified atom stereocenters. The maximum atomic E-state index is 11.8. The lowest BCUT2D eigenvalue weighted by atomic mass is 10.2. The average molecular weight is 306 g/mol. The second-order valence-corrected chi connectivity index (χ2v) is 4.76. The van der Waals surface area contributed by atoms with Gasteiger partial charge < -0.3 is 10.6 Å². The van der Waals surface area contributed by atoms with Crippen LogP contribution >= 0.6 is 23.2 Å². The summed E-state index contributed by atoms with van der Waals surface area (Å²) in [6.45, 7) is 0. The SMILES string of the molecule is N#Cc1ccc(Cl)cc1NC(=O)Nc1ccc(Cl)cc1. The quantitative estimate of drug-likeness (QED) is 0.857. The Morgan fingerprint density at radius 1 is 1.00 bits per heavy atom. The molecular weight excluding hydrogens is 297 g/mol. The number of urea groups is 1. The fourth-order valence-corrected chi connectivity index (χ4v) is 1.83. The molecule has 0 aliphatic heterocycles. The number of carbonyl (C=O) groups excluding carboxylic acids is 1. The molecule has 6 heteroatoms. The zero-order valence-electron chi connectivity index (χ0n) is 10.2. The highest BCUT2D eigenvalue weighted by molar-refractivity contribution is 6.31. The molecule has 20 heavy (non-hydrogen) atoms. The molecule has 2 N–H and O–H groups in total. The highest BCUT2D eigenvalue weighted by Gasteiger charge is 2.07. The Hall–Kier alpha value is -2.22. The third-order valence-corrected chi connectivity index (χ3v) is 2.94. The van der Waals surface area contributed by atoms with Gasteiger partial charge in [-0.3, -0.25) is 0 Å². The van der Waals surface area contributed by atoms with E-state index in [0.29, 0.717) is 27.0 Å². The summed E-state index contributed by atoms with van der Waals surface area (Å²) in [5.41, 5.74) is 1.28. The van der Waals surface area contributed by atoms with Crippen LogP contribution < -0.4 is 10.6 Å². The third kappa shape index (κ3) is 3.64. The van der Waals surface area contributed by atoms with E-state index in [1.54, 1.807) is 36.4 Å². The molecule has 2 aromatic carbocycles. The molecule has 2 rings (SSSR count). The van der Waals surface area contributed by atoms with Crippen molar-refractivity contribution in [2.75, 3.05) is 10.6 Å². The molecule has 0 bridgehead atoms. The number of anilines is 2. The smallest absolute Gasteiger partial charge is 0.308 e. The predicted molar refractivity (Wildman–Crippen MR) is 80.3 cm³/mol. The third-order valence-electron chi connectivity index (χ3n) is 2.45. The number of amides is 2. The maximum absolute atomic E-state index is 11.8. The van der Waals surface area contributed by atoms with Gasteiger partial charge in [0.25, 0.3) is 0 Å². The van der Waals surface area contributed by atoms with Crippen LogP contribution in [0.3, 0.4) is 0 Å². The summed E-state index contributed by atoms with van der Waals surface area (Å²) < 4.78 is 0. The summed E-state index contributed by atoms with van der Waals surface area (Å²) in [4.78, 5) is 11.8. The number of nitriles is 1. The molecule has 0 atom stereocenters. The van der Waals surface area contributed by atoms with Crippen molar-refractivity contribution in [2.45, 2.75) is 0 Å². The van der Waals surface area contributed by atoms with Crippen molar-refractivity contribution in [1.82, 2.24) is 0 Å². The molecule has 0 spiro atoms. The number of nitrogens with one attached hydrogen (secondary N) is 2. The Labute approximate surface area is 125 Å². The van der Waals surface area contributed by atoms with Gasteiger partial charge in [-0.2, -0.15) is 5.26 Å². The fraction of sp³-hybridized carbons (Fsp3) is 0. The summed E-state index contributed by atoms with van der Waals surface area (Å²) in [6, 6.07) is 12.8. The van der Waals surface area contributed by atoms with E-state index in [-0.39, 0.29) is 0 Å². The van der Waals surface area contributed by atoms with Crippen molar-refractivity contribution in [3.8, 4) is 6.07 Å². The highest BCUT2D eigenvalue weighted by atomic mass is 35.5. The first kappa shape index (κ1) is 14.2. The Morgan fingerprint density at radius 2 is 1.65 bits per heavy atom. The highest BCUT2D eigenvalue weighted by Crippen LogP contribution is 2.21. The first-order chi connectivity index (χ1) is 9.58. The van der Waals surface area contributed by atoms with Crippen LogP contribution in [-0.2, 0) is 0 Å². The molecule has 0 radical (unpaired) electrons. The van der Waals surface area contributed by atoms with Gasteiger partial charge in [0.1, 0.15) is 6.07 Å². The molecule has 2 aromatic rings. The minimum absolute atomic E-state index is 0.334. The normalized spacial score (nSPS) is 9.65. The van der Waals surface area contributed by atoms with Gasteiger partial charge in [-0.05, 0) is 42.5 Å². The first-order valence-electron chi connectivity index (χ1n) is 5.62. The van der Waals surface area contributed by atoms with Crippen LogP contribution in [0, 0.1) is 11.3 Å². The summed E-state index contributed by atoms with van der Waals surface area (Å²) >= 11 is 11.6. The standard InChI is InChI=1S/C14H9Cl2N3O/c15-10-3-5-12(6-4-10)18-14(20)19-13-7-11(16)2-1-9(13)8-17/h1-7H,(H2,18,19,20). The second kappa shape index (κ2) is 6.29. The average Bonchev–Trinajstić information content (AvgIpc) is 2.41. The van der Waals surface area contributed by atoms with Crippen LogP contribution in [0.25, 0.3) is 0 Å². The van der Waals surface area contributed by atoms with E-state index in [4.69, 9.17) is 28.5 Å². The lowest BCUT2D eigenvalue weighted by Crippen LogP contribution is -2.19. The number of halogens is 2. The van der Waals surface area contributed by atoms with E-state index in [1.165, 1.54) is 6.07 Å². The number of hydrogen-bond donors (Lipinski definition) is 2. The molecule has 0 aromatic heterocycles. The van der Waals surface area contributed by atoms with E-state index in [9.17, 15) is 4.79 Å². The number of rotatable bonds is 2. The topological polar surface area (TPSA) is 64.9 Å². The lowest BCUT2D eigenvalue weighted by molar-refractivity contribution is 0.262. The lowest BCUT2D eigenvalue weighted by Gasteiger charge is -2.09. The molecule has 0 aliphatic carbocycles. The fourth-order valence-electron chi connectivity index (χ4n) is 1.54. The molecule has 0 heterocycles. The van der Waals surface area contributed by atoms with Gasteiger partial charge in [0.15, 0.2) is 0 Å².